The summed E-state index contributed by atoms with van der Waals surface area (Å²) in [5.41, 5.74) is 1.62. The Morgan fingerprint density at radius 2 is 1.88 bits per heavy atom. The summed E-state index contributed by atoms with van der Waals surface area (Å²) >= 11 is 6.10. The first kappa shape index (κ1) is 25.7. The van der Waals surface area contributed by atoms with Crippen molar-refractivity contribution < 1.29 is 32.3 Å². The van der Waals surface area contributed by atoms with Crippen molar-refractivity contribution in [2.45, 2.75) is 19.5 Å². The highest BCUT2D eigenvalue weighted by atomic mass is 35.5. The number of anilines is 1. The highest BCUT2D eigenvalue weighted by molar-refractivity contribution is 6.35. The van der Waals surface area contributed by atoms with E-state index in [9.17, 15) is 27.6 Å². The van der Waals surface area contributed by atoms with Gasteiger partial charge in [0.25, 0.3) is 5.91 Å². The lowest BCUT2D eigenvalue weighted by atomic mass is 10.2. The Hall–Kier alpha value is -3.60. The number of hydrazone groups is 1. The smallest absolute Gasteiger partial charge is 0.416 e. The molecule has 0 heterocycles. The summed E-state index contributed by atoms with van der Waals surface area (Å²) in [7, 11) is 0. The van der Waals surface area contributed by atoms with Crippen LogP contribution in [0.5, 0.6) is 5.75 Å². The highest BCUT2D eigenvalue weighted by Gasteiger charge is 2.30. The van der Waals surface area contributed by atoms with Crippen LogP contribution in [-0.4, -0.2) is 37.1 Å². The average Bonchev–Trinajstić information content (AvgIpc) is 2.76. The van der Waals surface area contributed by atoms with Gasteiger partial charge in [-0.2, -0.15) is 18.3 Å². The number of amides is 3. The molecule has 0 saturated carbocycles. The number of alkyl halides is 3. The van der Waals surface area contributed by atoms with Gasteiger partial charge in [0.1, 0.15) is 5.75 Å². The Morgan fingerprint density at radius 3 is 2.55 bits per heavy atom. The molecule has 33 heavy (non-hydrogen) atoms. The van der Waals surface area contributed by atoms with E-state index in [1.807, 2.05) is 6.92 Å². The third-order valence-electron chi connectivity index (χ3n) is 3.91. The summed E-state index contributed by atoms with van der Waals surface area (Å²) in [4.78, 5) is 35.0. The van der Waals surface area contributed by atoms with Crippen molar-refractivity contribution >= 4 is 41.2 Å². The number of hydrogen-bond donors (Lipinski definition) is 3. The zero-order valence-electron chi connectivity index (χ0n) is 17.3. The number of rotatable bonds is 8. The monoisotopic (exact) mass is 484 g/mol. The Bertz CT molecular complexity index is 1040. The van der Waals surface area contributed by atoms with E-state index in [0.29, 0.717) is 18.5 Å². The highest BCUT2D eigenvalue weighted by Crippen LogP contribution is 2.30. The van der Waals surface area contributed by atoms with Crippen molar-refractivity contribution in [1.82, 2.24) is 10.7 Å². The van der Waals surface area contributed by atoms with Gasteiger partial charge in [-0.15, -0.1) is 0 Å². The summed E-state index contributed by atoms with van der Waals surface area (Å²) in [6.45, 7) is 1.72. The molecule has 0 unspecified atom stereocenters. The topological polar surface area (TPSA) is 109 Å². The van der Waals surface area contributed by atoms with E-state index < -0.39 is 36.1 Å². The lowest BCUT2D eigenvalue weighted by Gasteiger charge is -2.11. The molecule has 12 heteroatoms. The van der Waals surface area contributed by atoms with Gasteiger partial charge in [0.15, 0.2) is 6.61 Å². The molecule has 0 aliphatic carbocycles. The van der Waals surface area contributed by atoms with Crippen LogP contribution in [-0.2, 0) is 20.6 Å². The number of nitrogens with one attached hydrogen (secondary N) is 3. The second-order valence-corrected chi connectivity index (χ2v) is 6.97. The number of nitrogens with zero attached hydrogens (tertiary/aromatic N) is 1. The number of hydrogen-bond acceptors (Lipinski definition) is 5. The summed E-state index contributed by atoms with van der Waals surface area (Å²) in [5.74, 6) is -2.26. The maximum absolute atomic E-state index is 12.7. The van der Waals surface area contributed by atoms with Crippen molar-refractivity contribution in [3.63, 3.8) is 0 Å². The van der Waals surface area contributed by atoms with Gasteiger partial charge in [0.2, 0.25) is 0 Å². The van der Waals surface area contributed by atoms with E-state index in [2.05, 4.69) is 21.2 Å². The standard InChI is InChI=1S/C21H20ClF3N4O4/c1-2-8-26-19(31)20(32)29-27-11-13-6-7-17(16(22)9-13)33-12-18(30)28-15-5-3-4-14(10-15)21(23,24)25/h3-7,9-11H,2,8,12H2,1H3,(H,26,31)(H,28,30)(H,29,32). The van der Waals surface area contributed by atoms with E-state index in [1.165, 1.54) is 36.5 Å². The van der Waals surface area contributed by atoms with Crippen LogP contribution >= 0.6 is 11.6 Å². The van der Waals surface area contributed by atoms with Gasteiger partial charge in [-0.25, -0.2) is 5.43 Å². The molecule has 3 amide bonds. The lowest BCUT2D eigenvalue weighted by molar-refractivity contribution is -0.139. The minimum atomic E-state index is -4.53. The van der Waals surface area contributed by atoms with Crippen LogP contribution in [0.1, 0.15) is 24.5 Å². The fraction of sp³-hybridized carbons (Fsp3) is 0.238. The zero-order valence-corrected chi connectivity index (χ0v) is 18.1. The zero-order chi connectivity index (χ0) is 24.4. The van der Waals surface area contributed by atoms with Gasteiger partial charge in [-0.3, -0.25) is 14.4 Å². The first-order chi connectivity index (χ1) is 15.6. The van der Waals surface area contributed by atoms with Crippen molar-refractivity contribution in [3.8, 4) is 5.75 Å². The second-order valence-electron chi connectivity index (χ2n) is 6.56. The van der Waals surface area contributed by atoms with Crippen molar-refractivity contribution in [1.29, 1.82) is 0 Å². The first-order valence-electron chi connectivity index (χ1n) is 9.61. The van der Waals surface area contributed by atoms with Crippen LogP contribution in [0.4, 0.5) is 18.9 Å². The Kier molecular flexibility index (Phi) is 9.22. The Morgan fingerprint density at radius 1 is 1.12 bits per heavy atom. The van der Waals surface area contributed by atoms with Gasteiger partial charge in [-0.05, 0) is 48.4 Å². The van der Waals surface area contributed by atoms with Gasteiger partial charge < -0.3 is 15.4 Å². The maximum Gasteiger partial charge on any atom is 0.416 e. The van der Waals surface area contributed by atoms with Crippen LogP contribution in [0, 0.1) is 0 Å². The third-order valence-corrected chi connectivity index (χ3v) is 4.21. The molecular weight excluding hydrogens is 465 g/mol. The molecule has 0 saturated heterocycles. The minimum absolute atomic E-state index is 0.0264. The first-order valence-corrected chi connectivity index (χ1v) is 9.98. The summed E-state index contributed by atoms with van der Waals surface area (Å²) in [6, 6.07) is 8.61. The fourth-order valence-corrected chi connectivity index (χ4v) is 2.61. The predicted octanol–water partition coefficient (Wildman–Crippen LogP) is 3.35. The SMILES string of the molecule is CCCNC(=O)C(=O)NN=Cc1ccc(OCC(=O)Nc2cccc(C(F)(F)F)c2)c(Cl)c1. The molecule has 0 atom stereocenters. The molecule has 3 N–H and O–H groups in total. The Labute approximate surface area is 192 Å². The average molecular weight is 485 g/mol. The normalized spacial score (nSPS) is 11.2. The largest absolute Gasteiger partial charge is 0.482 e. The van der Waals surface area contributed by atoms with E-state index in [4.69, 9.17) is 16.3 Å². The molecule has 0 fully saturated rings. The Balaban J connectivity index is 1.88. The van der Waals surface area contributed by atoms with Crippen LogP contribution < -0.4 is 20.8 Å². The summed E-state index contributed by atoms with van der Waals surface area (Å²) in [5, 5.41) is 8.50. The molecule has 2 aromatic rings. The number of carbonyl (C=O) groups is 3. The summed E-state index contributed by atoms with van der Waals surface area (Å²) < 4.78 is 43.5. The van der Waals surface area contributed by atoms with Gasteiger partial charge in [-0.1, -0.05) is 24.6 Å². The van der Waals surface area contributed by atoms with Crippen molar-refractivity contribution in [2.75, 3.05) is 18.5 Å². The molecule has 8 nitrogen and oxygen atoms in total. The third kappa shape index (κ3) is 8.45. The molecule has 0 radical (unpaired) electrons. The number of ether oxygens (including phenoxy) is 1. The van der Waals surface area contributed by atoms with E-state index in [0.717, 1.165) is 12.1 Å². The minimum Gasteiger partial charge on any atom is -0.482 e. The molecule has 176 valence electrons. The second kappa shape index (κ2) is 11.9. The molecule has 0 aliphatic rings. The maximum atomic E-state index is 12.7. The predicted molar refractivity (Wildman–Crippen MR) is 116 cm³/mol. The van der Waals surface area contributed by atoms with Crippen molar-refractivity contribution in [3.05, 3.63) is 58.6 Å². The molecule has 0 aromatic heterocycles. The van der Waals surface area contributed by atoms with Crippen molar-refractivity contribution in [2.24, 2.45) is 5.10 Å². The van der Waals surface area contributed by atoms with Gasteiger partial charge >= 0.3 is 18.0 Å². The molecule has 0 aliphatic heterocycles. The van der Waals surface area contributed by atoms with E-state index in [-0.39, 0.29) is 16.5 Å². The molecule has 0 bridgehead atoms. The van der Waals surface area contributed by atoms with E-state index >= 15 is 0 Å². The molecular formula is C21H20ClF3N4O4. The van der Waals surface area contributed by atoms with E-state index in [1.54, 1.807) is 0 Å². The van der Waals surface area contributed by atoms with Gasteiger partial charge in [0.05, 0.1) is 16.8 Å². The number of carbonyl (C=O) groups excluding carboxylic acids is 3. The number of halogens is 4. The quantitative estimate of drug-likeness (QED) is 0.303. The summed E-state index contributed by atoms with van der Waals surface area (Å²) in [6.07, 6.45) is -2.59. The van der Waals surface area contributed by atoms with Crippen LogP contribution in [0.3, 0.4) is 0 Å². The van der Waals surface area contributed by atoms with Crippen LogP contribution in [0.15, 0.2) is 47.6 Å². The van der Waals surface area contributed by atoms with Crippen LogP contribution in [0.2, 0.25) is 5.02 Å². The molecule has 2 aromatic carbocycles. The van der Waals surface area contributed by atoms with Crippen LogP contribution in [0.25, 0.3) is 0 Å². The molecule has 2 rings (SSSR count). The lowest BCUT2D eigenvalue weighted by Crippen LogP contribution is -2.38. The fourth-order valence-electron chi connectivity index (χ4n) is 2.36. The molecule has 0 spiro atoms. The van der Waals surface area contributed by atoms with Gasteiger partial charge in [0, 0.05) is 12.2 Å². The number of benzene rings is 2.